The fourth-order valence-electron chi connectivity index (χ4n) is 3.21. The van der Waals surface area contributed by atoms with Crippen LogP contribution in [-0.2, 0) is 0 Å². The second-order valence-electron chi connectivity index (χ2n) is 6.84. The lowest BCUT2D eigenvalue weighted by Gasteiger charge is -2.09. The molecular weight excluding hydrogens is 422 g/mol. The van der Waals surface area contributed by atoms with E-state index in [9.17, 15) is 4.79 Å². The van der Waals surface area contributed by atoms with Gasteiger partial charge in [0.2, 0.25) is 6.79 Å². The average molecular weight is 438 g/mol. The molecular formula is C21H16BrN3O3. The van der Waals surface area contributed by atoms with E-state index in [2.05, 4.69) is 26.5 Å². The Labute approximate surface area is 169 Å². The molecule has 0 spiro atoms. The predicted molar refractivity (Wildman–Crippen MR) is 109 cm³/mol. The highest BCUT2D eigenvalue weighted by Crippen LogP contribution is 2.40. The smallest absolute Gasteiger partial charge is 0.272 e. The van der Waals surface area contributed by atoms with Crippen LogP contribution in [0.2, 0.25) is 0 Å². The van der Waals surface area contributed by atoms with Crippen molar-refractivity contribution in [3.05, 3.63) is 63.8 Å². The van der Waals surface area contributed by atoms with Crippen LogP contribution in [0.1, 0.15) is 40.4 Å². The first-order valence-corrected chi connectivity index (χ1v) is 9.80. The number of nitrogens with one attached hydrogen (secondary N) is 1. The molecule has 5 rings (SSSR count). The van der Waals surface area contributed by atoms with Gasteiger partial charge in [0.25, 0.3) is 5.91 Å². The van der Waals surface area contributed by atoms with Crippen molar-refractivity contribution in [1.29, 1.82) is 0 Å². The zero-order valence-electron chi connectivity index (χ0n) is 14.8. The van der Waals surface area contributed by atoms with E-state index in [-0.39, 0.29) is 12.7 Å². The van der Waals surface area contributed by atoms with Crippen molar-refractivity contribution in [3.8, 4) is 11.5 Å². The van der Waals surface area contributed by atoms with E-state index in [1.54, 1.807) is 6.21 Å². The Kier molecular flexibility index (Phi) is 4.24. The van der Waals surface area contributed by atoms with Gasteiger partial charge in [0, 0.05) is 21.5 Å². The van der Waals surface area contributed by atoms with Crippen LogP contribution in [-0.4, -0.2) is 23.9 Å². The molecule has 1 fully saturated rings. The van der Waals surface area contributed by atoms with E-state index in [1.807, 2.05) is 42.5 Å². The van der Waals surface area contributed by atoms with Crippen molar-refractivity contribution in [2.24, 2.45) is 5.10 Å². The second-order valence-corrected chi connectivity index (χ2v) is 7.76. The topological polar surface area (TPSA) is 72.8 Å². The van der Waals surface area contributed by atoms with E-state index in [1.165, 1.54) is 0 Å². The lowest BCUT2D eigenvalue weighted by Crippen LogP contribution is -2.18. The van der Waals surface area contributed by atoms with Gasteiger partial charge in [-0.25, -0.2) is 5.43 Å². The quantitative estimate of drug-likeness (QED) is 0.485. The third kappa shape index (κ3) is 3.33. The van der Waals surface area contributed by atoms with Gasteiger partial charge in [-0.2, -0.15) is 5.10 Å². The zero-order chi connectivity index (χ0) is 19.1. The van der Waals surface area contributed by atoms with E-state index < -0.39 is 0 Å². The molecule has 2 aliphatic rings. The molecule has 3 aromatic rings. The van der Waals surface area contributed by atoms with Crippen LogP contribution in [0.4, 0.5) is 0 Å². The number of aromatic nitrogens is 1. The Morgan fingerprint density at radius 1 is 1.14 bits per heavy atom. The SMILES string of the molecule is O=C(N/N=C\c1ccc2c(c1)OCO2)c1cc(C2CC2)nc2ccc(Br)cc12. The number of hydrazone groups is 1. The third-order valence-corrected chi connectivity index (χ3v) is 5.30. The number of carbonyl (C=O) groups excluding carboxylic acids is 1. The van der Waals surface area contributed by atoms with Crippen molar-refractivity contribution in [2.45, 2.75) is 18.8 Å². The van der Waals surface area contributed by atoms with Crippen molar-refractivity contribution < 1.29 is 14.3 Å². The summed E-state index contributed by atoms with van der Waals surface area (Å²) in [5.41, 5.74) is 5.81. The number of rotatable bonds is 4. The molecule has 0 atom stereocenters. The predicted octanol–water partition coefficient (Wildman–Crippen LogP) is 4.37. The number of hydrogen-bond donors (Lipinski definition) is 1. The lowest BCUT2D eigenvalue weighted by molar-refractivity contribution is 0.0956. The van der Waals surface area contributed by atoms with Crippen molar-refractivity contribution in [3.63, 3.8) is 0 Å². The van der Waals surface area contributed by atoms with Crippen molar-refractivity contribution >= 4 is 39.0 Å². The molecule has 0 radical (unpaired) electrons. The van der Waals surface area contributed by atoms with Gasteiger partial charge in [0.05, 0.1) is 17.3 Å². The summed E-state index contributed by atoms with van der Waals surface area (Å²) >= 11 is 3.47. The summed E-state index contributed by atoms with van der Waals surface area (Å²) in [5, 5.41) is 4.91. The lowest BCUT2D eigenvalue weighted by atomic mass is 10.1. The first kappa shape index (κ1) is 17.2. The fourth-order valence-corrected chi connectivity index (χ4v) is 3.57. The van der Waals surface area contributed by atoms with Gasteiger partial charge < -0.3 is 9.47 Å². The van der Waals surface area contributed by atoms with Gasteiger partial charge in [0.1, 0.15) is 0 Å². The molecule has 1 amide bonds. The number of ether oxygens (including phenoxy) is 2. The summed E-state index contributed by atoms with van der Waals surface area (Å²) < 4.78 is 11.5. The molecule has 1 saturated carbocycles. The molecule has 140 valence electrons. The summed E-state index contributed by atoms with van der Waals surface area (Å²) in [6, 6.07) is 13.2. The summed E-state index contributed by atoms with van der Waals surface area (Å²) in [4.78, 5) is 17.5. The minimum Gasteiger partial charge on any atom is -0.454 e. The monoisotopic (exact) mass is 437 g/mol. The van der Waals surface area contributed by atoms with Crippen molar-refractivity contribution in [1.82, 2.24) is 10.4 Å². The molecule has 1 N–H and O–H groups in total. The first-order chi connectivity index (χ1) is 13.7. The van der Waals surface area contributed by atoms with Gasteiger partial charge >= 0.3 is 0 Å². The number of carbonyl (C=O) groups is 1. The minimum absolute atomic E-state index is 0.223. The number of benzene rings is 2. The molecule has 0 saturated heterocycles. The number of pyridine rings is 1. The van der Waals surface area contributed by atoms with E-state index in [4.69, 9.17) is 14.5 Å². The van der Waals surface area contributed by atoms with Crippen LogP contribution in [0.25, 0.3) is 10.9 Å². The minimum atomic E-state index is -0.260. The molecule has 1 aliphatic carbocycles. The molecule has 28 heavy (non-hydrogen) atoms. The summed E-state index contributed by atoms with van der Waals surface area (Å²) in [6.45, 7) is 0.223. The van der Waals surface area contributed by atoms with Crippen molar-refractivity contribution in [2.75, 3.05) is 6.79 Å². The van der Waals surface area contributed by atoms with Gasteiger partial charge in [-0.1, -0.05) is 15.9 Å². The Morgan fingerprint density at radius 3 is 2.86 bits per heavy atom. The van der Waals surface area contributed by atoms with Gasteiger partial charge in [0.15, 0.2) is 11.5 Å². The summed E-state index contributed by atoms with van der Waals surface area (Å²) in [7, 11) is 0. The number of halogens is 1. The molecule has 2 heterocycles. The first-order valence-electron chi connectivity index (χ1n) is 9.00. The Morgan fingerprint density at radius 2 is 2.00 bits per heavy atom. The normalized spacial score (nSPS) is 15.3. The standard InChI is InChI=1S/C21H16BrN3O3/c22-14-4-5-17-15(8-14)16(9-18(24-17)13-2-3-13)21(26)25-23-10-12-1-6-19-20(7-12)28-11-27-19/h1,4-10,13H,2-3,11H2,(H,25,26)/b23-10-. The number of amides is 1. The molecule has 1 aliphatic heterocycles. The summed E-state index contributed by atoms with van der Waals surface area (Å²) in [6.07, 6.45) is 3.83. The average Bonchev–Trinajstić information content (AvgIpc) is 3.45. The van der Waals surface area contributed by atoms with Crippen LogP contribution in [0, 0.1) is 0 Å². The van der Waals surface area contributed by atoms with E-state index in [0.29, 0.717) is 23.0 Å². The maximum absolute atomic E-state index is 12.8. The Hall–Kier alpha value is -2.93. The van der Waals surface area contributed by atoms with Gasteiger partial charge in [-0.15, -0.1) is 0 Å². The molecule has 6 nitrogen and oxygen atoms in total. The van der Waals surface area contributed by atoms with Crippen LogP contribution in [0.5, 0.6) is 11.5 Å². The zero-order valence-corrected chi connectivity index (χ0v) is 16.4. The maximum atomic E-state index is 12.8. The Balaban J connectivity index is 1.41. The largest absolute Gasteiger partial charge is 0.454 e. The number of nitrogens with zero attached hydrogens (tertiary/aromatic N) is 2. The highest BCUT2D eigenvalue weighted by atomic mass is 79.9. The number of hydrogen-bond acceptors (Lipinski definition) is 5. The Bertz CT molecular complexity index is 1130. The molecule has 0 unspecified atom stereocenters. The number of fused-ring (bicyclic) bond motifs is 2. The molecule has 7 heteroatoms. The highest BCUT2D eigenvalue weighted by Gasteiger charge is 2.27. The van der Waals surface area contributed by atoms with Gasteiger partial charge in [-0.3, -0.25) is 9.78 Å². The third-order valence-electron chi connectivity index (χ3n) is 4.81. The van der Waals surface area contributed by atoms with Crippen LogP contribution < -0.4 is 14.9 Å². The molecule has 0 bridgehead atoms. The van der Waals surface area contributed by atoms with Crippen LogP contribution in [0.3, 0.4) is 0 Å². The summed E-state index contributed by atoms with van der Waals surface area (Å²) in [5.74, 6) is 1.58. The van der Waals surface area contributed by atoms with Crippen LogP contribution >= 0.6 is 15.9 Å². The highest BCUT2D eigenvalue weighted by molar-refractivity contribution is 9.10. The molecule has 2 aromatic carbocycles. The molecule has 1 aromatic heterocycles. The van der Waals surface area contributed by atoms with Gasteiger partial charge in [-0.05, 0) is 60.9 Å². The maximum Gasteiger partial charge on any atom is 0.272 e. The van der Waals surface area contributed by atoms with Crippen LogP contribution in [0.15, 0.2) is 52.0 Å². The van der Waals surface area contributed by atoms with E-state index >= 15 is 0 Å². The van der Waals surface area contributed by atoms with E-state index in [0.717, 1.165) is 39.5 Å². The fraction of sp³-hybridized carbons (Fsp3) is 0.190. The second kappa shape index (κ2) is 6.91.